The Labute approximate surface area is 132 Å². The van der Waals surface area contributed by atoms with Crippen molar-refractivity contribution in [1.29, 1.82) is 0 Å². The third kappa shape index (κ3) is 3.53. The predicted molar refractivity (Wildman–Crippen MR) is 93.2 cm³/mol. The molecule has 1 atom stereocenters. The van der Waals surface area contributed by atoms with Crippen LogP contribution in [0.2, 0.25) is 0 Å². The van der Waals surface area contributed by atoms with Crippen molar-refractivity contribution < 1.29 is 0 Å². The molecule has 0 fully saturated rings. The van der Waals surface area contributed by atoms with E-state index in [1.54, 1.807) is 0 Å². The van der Waals surface area contributed by atoms with Crippen molar-refractivity contribution >= 4 is 11.3 Å². The molecule has 2 nitrogen and oxygen atoms in total. The van der Waals surface area contributed by atoms with Crippen molar-refractivity contribution in [2.75, 3.05) is 6.54 Å². The highest BCUT2D eigenvalue weighted by molar-refractivity contribution is 7.15. The highest BCUT2D eigenvalue weighted by atomic mass is 32.1. The standard InChI is InChI=1S/C18H26N2S/c1-7-8-19-14(5)17-15(6)20-18(21-17)16-10-12(3)11(2)9-13(16)4/h9-10,14,19H,7-8H2,1-6H3. The van der Waals surface area contributed by atoms with E-state index in [0.29, 0.717) is 6.04 Å². The van der Waals surface area contributed by atoms with Gasteiger partial charge in [-0.05, 0) is 70.3 Å². The summed E-state index contributed by atoms with van der Waals surface area (Å²) in [7, 11) is 0. The summed E-state index contributed by atoms with van der Waals surface area (Å²) in [5.41, 5.74) is 6.43. The van der Waals surface area contributed by atoms with E-state index in [4.69, 9.17) is 4.98 Å². The van der Waals surface area contributed by atoms with Crippen molar-refractivity contribution in [3.63, 3.8) is 0 Å². The summed E-state index contributed by atoms with van der Waals surface area (Å²) in [6.45, 7) is 14.1. The molecule has 0 amide bonds. The number of hydrogen-bond donors (Lipinski definition) is 1. The molecule has 0 radical (unpaired) electrons. The number of hydrogen-bond acceptors (Lipinski definition) is 3. The van der Waals surface area contributed by atoms with Gasteiger partial charge in [0.2, 0.25) is 0 Å². The number of thiazole rings is 1. The Bertz CT molecular complexity index is 628. The van der Waals surface area contributed by atoms with Crippen molar-refractivity contribution in [1.82, 2.24) is 10.3 Å². The largest absolute Gasteiger partial charge is 0.309 e. The first-order valence-electron chi connectivity index (χ1n) is 7.73. The maximum Gasteiger partial charge on any atom is 0.124 e. The normalized spacial score (nSPS) is 12.7. The molecule has 0 aliphatic rings. The van der Waals surface area contributed by atoms with E-state index in [1.165, 1.54) is 27.1 Å². The molecule has 1 aromatic heterocycles. The maximum absolute atomic E-state index is 4.82. The van der Waals surface area contributed by atoms with Crippen LogP contribution in [-0.2, 0) is 0 Å². The van der Waals surface area contributed by atoms with Crippen LogP contribution in [-0.4, -0.2) is 11.5 Å². The Balaban J connectivity index is 2.36. The lowest BCUT2D eigenvalue weighted by molar-refractivity contribution is 0.575. The van der Waals surface area contributed by atoms with Gasteiger partial charge in [0.05, 0.1) is 5.69 Å². The van der Waals surface area contributed by atoms with E-state index >= 15 is 0 Å². The lowest BCUT2D eigenvalue weighted by Crippen LogP contribution is -2.18. The first-order chi connectivity index (χ1) is 9.93. The van der Waals surface area contributed by atoms with Crippen LogP contribution in [0, 0.1) is 27.7 Å². The van der Waals surface area contributed by atoms with E-state index in [-0.39, 0.29) is 0 Å². The fourth-order valence-electron chi connectivity index (χ4n) is 2.57. The molecule has 1 aromatic carbocycles. The van der Waals surface area contributed by atoms with Crippen LogP contribution in [0.15, 0.2) is 12.1 Å². The van der Waals surface area contributed by atoms with Crippen LogP contribution < -0.4 is 5.32 Å². The summed E-state index contributed by atoms with van der Waals surface area (Å²) in [6.07, 6.45) is 1.16. The fourth-order valence-corrected chi connectivity index (χ4v) is 3.74. The second kappa shape index (κ2) is 6.71. The third-order valence-corrected chi connectivity index (χ3v) is 5.37. The van der Waals surface area contributed by atoms with Crippen molar-refractivity contribution in [2.24, 2.45) is 0 Å². The number of benzene rings is 1. The summed E-state index contributed by atoms with van der Waals surface area (Å²) < 4.78 is 0. The topological polar surface area (TPSA) is 24.9 Å². The summed E-state index contributed by atoms with van der Waals surface area (Å²) >= 11 is 1.83. The van der Waals surface area contributed by atoms with Gasteiger partial charge in [0.1, 0.15) is 5.01 Å². The molecule has 114 valence electrons. The molecule has 0 bridgehead atoms. The molecule has 0 saturated heterocycles. The first kappa shape index (κ1) is 16.2. The lowest BCUT2D eigenvalue weighted by Gasteiger charge is -2.11. The number of nitrogens with zero attached hydrogens (tertiary/aromatic N) is 1. The van der Waals surface area contributed by atoms with E-state index in [9.17, 15) is 0 Å². The van der Waals surface area contributed by atoms with Crippen LogP contribution in [0.3, 0.4) is 0 Å². The molecule has 0 saturated carbocycles. The zero-order valence-corrected chi connectivity index (χ0v) is 14.8. The van der Waals surface area contributed by atoms with Gasteiger partial charge in [-0.2, -0.15) is 0 Å². The molecule has 1 N–H and O–H groups in total. The average Bonchev–Trinajstić information content (AvgIpc) is 2.82. The molecule has 0 aliphatic carbocycles. The zero-order valence-electron chi connectivity index (χ0n) is 14.0. The monoisotopic (exact) mass is 302 g/mol. The van der Waals surface area contributed by atoms with E-state index < -0.39 is 0 Å². The SMILES string of the molecule is CCCNC(C)c1sc(-c2cc(C)c(C)cc2C)nc1C. The molecular formula is C18H26N2S. The molecule has 21 heavy (non-hydrogen) atoms. The smallest absolute Gasteiger partial charge is 0.124 e. The summed E-state index contributed by atoms with van der Waals surface area (Å²) in [4.78, 5) is 6.18. The Kier molecular flexibility index (Phi) is 5.17. The van der Waals surface area contributed by atoms with Crippen LogP contribution in [0.1, 0.15) is 53.6 Å². The molecule has 2 aromatic rings. The van der Waals surface area contributed by atoms with Crippen molar-refractivity contribution in [2.45, 2.75) is 54.0 Å². The summed E-state index contributed by atoms with van der Waals surface area (Å²) in [5, 5.41) is 4.71. The van der Waals surface area contributed by atoms with Gasteiger partial charge < -0.3 is 5.32 Å². The number of nitrogens with one attached hydrogen (secondary N) is 1. The Morgan fingerprint density at radius 3 is 2.43 bits per heavy atom. The van der Waals surface area contributed by atoms with Gasteiger partial charge in [0.15, 0.2) is 0 Å². The minimum Gasteiger partial charge on any atom is -0.309 e. The molecular weight excluding hydrogens is 276 g/mol. The molecule has 3 heteroatoms. The van der Waals surface area contributed by atoms with Gasteiger partial charge in [0.25, 0.3) is 0 Å². The molecule has 1 heterocycles. The van der Waals surface area contributed by atoms with Gasteiger partial charge in [-0.3, -0.25) is 0 Å². The van der Waals surface area contributed by atoms with Gasteiger partial charge in [-0.15, -0.1) is 11.3 Å². The van der Waals surface area contributed by atoms with Crippen molar-refractivity contribution in [3.05, 3.63) is 39.4 Å². The second-order valence-electron chi connectivity index (χ2n) is 5.90. The number of aryl methyl sites for hydroxylation is 4. The van der Waals surface area contributed by atoms with Crippen LogP contribution >= 0.6 is 11.3 Å². The Morgan fingerprint density at radius 2 is 1.76 bits per heavy atom. The second-order valence-corrected chi connectivity index (χ2v) is 6.93. The zero-order chi connectivity index (χ0) is 15.6. The van der Waals surface area contributed by atoms with Crippen molar-refractivity contribution in [3.8, 4) is 10.6 Å². The molecule has 1 unspecified atom stereocenters. The first-order valence-corrected chi connectivity index (χ1v) is 8.54. The summed E-state index contributed by atoms with van der Waals surface area (Å²) in [6, 6.07) is 4.92. The number of aromatic nitrogens is 1. The summed E-state index contributed by atoms with van der Waals surface area (Å²) in [5.74, 6) is 0. The molecule has 0 spiro atoms. The number of rotatable bonds is 5. The molecule has 0 aliphatic heterocycles. The van der Waals surface area contributed by atoms with Gasteiger partial charge >= 0.3 is 0 Å². The van der Waals surface area contributed by atoms with Crippen LogP contribution in [0.5, 0.6) is 0 Å². The highest BCUT2D eigenvalue weighted by Crippen LogP contribution is 2.34. The van der Waals surface area contributed by atoms with E-state index in [1.807, 2.05) is 11.3 Å². The minimum absolute atomic E-state index is 0.378. The quantitative estimate of drug-likeness (QED) is 0.830. The van der Waals surface area contributed by atoms with Gasteiger partial charge in [0, 0.05) is 16.5 Å². The minimum atomic E-state index is 0.378. The fraction of sp³-hybridized carbons (Fsp3) is 0.500. The van der Waals surface area contributed by atoms with Crippen LogP contribution in [0.25, 0.3) is 10.6 Å². The highest BCUT2D eigenvalue weighted by Gasteiger charge is 2.16. The van der Waals surface area contributed by atoms with E-state index in [2.05, 4.69) is 59.0 Å². The Morgan fingerprint density at radius 1 is 1.10 bits per heavy atom. The lowest BCUT2D eigenvalue weighted by atomic mass is 10.0. The van der Waals surface area contributed by atoms with E-state index in [0.717, 1.165) is 23.7 Å². The molecule has 2 rings (SSSR count). The maximum atomic E-state index is 4.82. The Hall–Kier alpha value is -1.19. The van der Waals surface area contributed by atoms with Gasteiger partial charge in [-0.25, -0.2) is 4.98 Å². The van der Waals surface area contributed by atoms with Crippen LogP contribution in [0.4, 0.5) is 0 Å². The van der Waals surface area contributed by atoms with Gasteiger partial charge in [-0.1, -0.05) is 13.0 Å². The predicted octanol–water partition coefficient (Wildman–Crippen LogP) is 5.10. The third-order valence-electron chi connectivity index (χ3n) is 4.00. The average molecular weight is 302 g/mol.